The molecule has 150 valence electrons. The van der Waals surface area contributed by atoms with Crippen LogP contribution in [0.4, 0.5) is 5.82 Å². The van der Waals surface area contributed by atoms with Gasteiger partial charge in [0.2, 0.25) is 0 Å². The van der Waals surface area contributed by atoms with Gasteiger partial charge in [0.1, 0.15) is 17.3 Å². The zero-order chi connectivity index (χ0) is 20.3. The Morgan fingerprint density at radius 1 is 1.32 bits per heavy atom. The molecule has 3 heterocycles. The highest BCUT2D eigenvalue weighted by Crippen LogP contribution is 2.23. The number of anilines is 1. The van der Waals surface area contributed by atoms with E-state index in [0.29, 0.717) is 35.5 Å². The van der Waals surface area contributed by atoms with Crippen LogP contribution in [-0.4, -0.2) is 45.0 Å². The zero-order valence-corrected chi connectivity index (χ0v) is 17.7. The number of aryl methyl sites for hydroxylation is 2. The Hall–Kier alpha value is -2.55. The molecule has 0 saturated carbocycles. The maximum Gasteiger partial charge on any atom is 0.254 e. The number of rotatable bonds is 8. The van der Waals surface area contributed by atoms with Gasteiger partial charge in [-0.15, -0.1) is 0 Å². The van der Waals surface area contributed by atoms with Crippen molar-refractivity contribution in [2.45, 2.75) is 39.4 Å². The number of amides is 1. The van der Waals surface area contributed by atoms with Crippen LogP contribution in [-0.2, 0) is 6.54 Å². The van der Waals surface area contributed by atoms with Crippen molar-refractivity contribution in [3.05, 3.63) is 29.3 Å². The molecule has 0 saturated heterocycles. The lowest BCUT2D eigenvalue weighted by Crippen LogP contribution is -2.27. The van der Waals surface area contributed by atoms with Crippen LogP contribution in [0.3, 0.4) is 0 Å². The van der Waals surface area contributed by atoms with E-state index >= 15 is 0 Å². The third-order valence-corrected chi connectivity index (χ3v) is 4.78. The van der Waals surface area contributed by atoms with Crippen molar-refractivity contribution in [3.63, 3.8) is 0 Å². The van der Waals surface area contributed by atoms with Gasteiger partial charge in [-0.05, 0) is 32.1 Å². The van der Waals surface area contributed by atoms with Crippen LogP contribution in [0.1, 0.15) is 35.7 Å². The largest absolute Gasteiger partial charge is 0.466 e. The lowest BCUT2D eigenvalue weighted by molar-refractivity contribution is 0.0950. The van der Waals surface area contributed by atoms with Gasteiger partial charge in [-0.2, -0.15) is 5.10 Å². The van der Waals surface area contributed by atoms with Crippen molar-refractivity contribution in [1.82, 2.24) is 25.1 Å². The lowest BCUT2D eigenvalue weighted by atomic mass is 10.2. The summed E-state index contributed by atoms with van der Waals surface area (Å²) in [5.41, 5.74) is 1.32. The van der Waals surface area contributed by atoms with Crippen molar-refractivity contribution < 1.29 is 9.21 Å². The fraction of sp³-hybridized carbons (Fsp3) is 0.474. The van der Waals surface area contributed by atoms with Crippen molar-refractivity contribution in [3.8, 4) is 0 Å². The van der Waals surface area contributed by atoms with E-state index in [-0.39, 0.29) is 5.91 Å². The van der Waals surface area contributed by atoms with Crippen molar-refractivity contribution in [2.24, 2.45) is 5.92 Å². The summed E-state index contributed by atoms with van der Waals surface area (Å²) in [5.74, 6) is 2.50. The first-order valence-electron chi connectivity index (χ1n) is 9.25. The number of nitrogens with zero attached hydrogens (tertiary/aromatic N) is 4. The Morgan fingerprint density at radius 3 is 2.75 bits per heavy atom. The highest BCUT2D eigenvalue weighted by molar-refractivity contribution is 7.98. The number of thioether (sulfide) groups is 1. The van der Waals surface area contributed by atoms with Crippen LogP contribution in [0.15, 0.2) is 21.8 Å². The quantitative estimate of drug-likeness (QED) is 0.441. The van der Waals surface area contributed by atoms with Crippen LogP contribution in [0.25, 0.3) is 11.0 Å². The molecule has 28 heavy (non-hydrogen) atoms. The highest BCUT2D eigenvalue weighted by atomic mass is 32.2. The maximum absolute atomic E-state index is 12.3. The number of carbonyl (C=O) groups is 1. The summed E-state index contributed by atoms with van der Waals surface area (Å²) < 4.78 is 7.22. The smallest absolute Gasteiger partial charge is 0.254 e. The van der Waals surface area contributed by atoms with Gasteiger partial charge in [0, 0.05) is 13.1 Å². The molecular formula is C19H26N6O2S. The van der Waals surface area contributed by atoms with E-state index in [4.69, 9.17) is 4.42 Å². The predicted molar refractivity (Wildman–Crippen MR) is 111 cm³/mol. The highest BCUT2D eigenvalue weighted by Gasteiger charge is 2.15. The van der Waals surface area contributed by atoms with Gasteiger partial charge >= 0.3 is 0 Å². The van der Waals surface area contributed by atoms with Gasteiger partial charge in [0.15, 0.2) is 10.8 Å². The Bertz CT molecular complexity index is 978. The number of hydrogen-bond acceptors (Lipinski definition) is 7. The summed E-state index contributed by atoms with van der Waals surface area (Å²) in [6.45, 7) is 9.69. The molecule has 0 aromatic carbocycles. The molecule has 0 radical (unpaired) electrons. The molecule has 0 spiro atoms. The summed E-state index contributed by atoms with van der Waals surface area (Å²) in [7, 11) is 0. The van der Waals surface area contributed by atoms with Crippen LogP contribution < -0.4 is 10.6 Å². The maximum atomic E-state index is 12.3. The van der Waals surface area contributed by atoms with E-state index in [1.165, 1.54) is 11.8 Å². The fourth-order valence-electron chi connectivity index (χ4n) is 2.85. The van der Waals surface area contributed by atoms with Gasteiger partial charge in [-0.25, -0.2) is 14.6 Å². The van der Waals surface area contributed by atoms with E-state index in [1.54, 1.807) is 23.9 Å². The first-order valence-corrected chi connectivity index (χ1v) is 10.5. The van der Waals surface area contributed by atoms with Gasteiger partial charge in [0.25, 0.3) is 5.91 Å². The second-order valence-electron chi connectivity index (χ2n) is 7.02. The van der Waals surface area contributed by atoms with E-state index in [9.17, 15) is 4.79 Å². The second kappa shape index (κ2) is 8.64. The minimum Gasteiger partial charge on any atom is -0.466 e. The Kier molecular flexibility index (Phi) is 6.23. The number of carbonyl (C=O) groups excluding carboxylic acids is 1. The van der Waals surface area contributed by atoms with E-state index in [1.807, 2.05) is 13.2 Å². The van der Waals surface area contributed by atoms with Crippen molar-refractivity contribution in [2.75, 3.05) is 24.7 Å². The van der Waals surface area contributed by atoms with E-state index in [0.717, 1.165) is 29.2 Å². The van der Waals surface area contributed by atoms with Crippen LogP contribution in [0.5, 0.6) is 0 Å². The molecule has 8 nitrogen and oxygen atoms in total. The summed E-state index contributed by atoms with van der Waals surface area (Å²) in [6, 6.07) is 1.75. The molecule has 0 aliphatic carbocycles. The van der Waals surface area contributed by atoms with Crippen molar-refractivity contribution in [1.29, 1.82) is 0 Å². The molecule has 0 bridgehead atoms. The van der Waals surface area contributed by atoms with Gasteiger partial charge in [-0.3, -0.25) is 4.79 Å². The van der Waals surface area contributed by atoms with Crippen LogP contribution in [0, 0.1) is 19.8 Å². The van der Waals surface area contributed by atoms with E-state index in [2.05, 4.69) is 39.5 Å². The molecule has 3 rings (SSSR count). The molecule has 0 atom stereocenters. The standard InChI is InChI=1S/C19H26N6O2S/c1-11(2)9-21-16-15-10-22-25(17(15)24-19(23-16)28-5)7-6-20-18(26)14-8-12(3)27-13(14)4/h8,10-11H,6-7,9H2,1-5H3,(H,20,26)(H,21,23,24). The number of furan rings is 1. The summed E-state index contributed by atoms with van der Waals surface area (Å²) in [5, 5.41) is 12.3. The Balaban J connectivity index is 1.73. The van der Waals surface area contributed by atoms with Crippen LogP contribution >= 0.6 is 11.8 Å². The summed E-state index contributed by atoms with van der Waals surface area (Å²) in [6.07, 6.45) is 3.72. The average molecular weight is 403 g/mol. The fourth-order valence-corrected chi connectivity index (χ4v) is 3.21. The second-order valence-corrected chi connectivity index (χ2v) is 7.79. The van der Waals surface area contributed by atoms with Crippen molar-refractivity contribution >= 4 is 34.5 Å². The monoisotopic (exact) mass is 402 g/mol. The molecule has 0 fully saturated rings. The first kappa shape index (κ1) is 20.2. The third-order valence-electron chi connectivity index (χ3n) is 4.23. The topological polar surface area (TPSA) is 97.9 Å². The average Bonchev–Trinajstić information content (AvgIpc) is 3.22. The molecular weight excluding hydrogens is 376 g/mol. The minimum absolute atomic E-state index is 0.149. The van der Waals surface area contributed by atoms with Gasteiger partial charge in [-0.1, -0.05) is 25.6 Å². The first-order chi connectivity index (χ1) is 13.4. The molecule has 0 aliphatic rings. The molecule has 2 N–H and O–H groups in total. The lowest BCUT2D eigenvalue weighted by Gasteiger charge is -2.10. The van der Waals surface area contributed by atoms with Gasteiger partial charge < -0.3 is 15.1 Å². The summed E-state index contributed by atoms with van der Waals surface area (Å²) in [4.78, 5) is 21.5. The normalized spacial score (nSPS) is 11.4. The predicted octanol–water partition coefficient (Wildman–Crippen LogP) is 3.26. The molecule has 0 unspecified atom stereocenters. The third kappa shape index (κ3) is 4.46. The SMILES string of the molecule is CSc1nc(NCC(C)C)c2cnn(CCNC(=O)c3cc(C)oc3C)c2n1. The number of nitrogens with one attached hydrogen (secondary N) is 2. The zero-order valence-electron chi connectivity index (χ0n) is 16.9. The van der Waals surface area contributed by atoms with Gasteiger partial charge in [0.05, 0.1) is 23.7 Å². The number of hydrogen-bond donors (Lipinski definition) is 2. The Morgan fingerprint density at radius 2 is 2.11 bits per heavy atom. The molecule has 1 amide bonds. The molecule has 3 aromatic heterocycles. The molecule has 3 aromatic rings. The van der Waals surface area contributed by atoms with E-state index < -0.39 is 0 Å². The molecule has 0 aliphatic heterocycles. The number of aromatic nitrogens is 4. The minimum atomic E-state index is -0.149. The van der Waals surface area contributed by atoms with Crippen LogP contribution in [0.2, 0.25) is 0 Å². The molecule has 9 heteroatoms. The summed E-state index contributed by atoms with van der Waals surface area (Å²) >= 11 is 1.49. The number of fused-ring (bicyclic) bond motifs is 1. The Labute approximate surface area is 168 Å².